The lowest BCUT2D eigenvalue weighted by atomic mass is 9.96. The van der Waals surface area contributed by atoms with Crippen LogP contribution in [-0.2, 0) is 0 Å². The fourth-order valence-corrected chi connectivity index (χ4v) is 1.77. The summed E-state index contributed by atoms with van der Waals surface area (Å²) in [6.07, 6.45) is 2.25. The van der Waals surface area contributed by atoms with Crippen LogP contribution in [0.2, 0.25) is 0 Å². The molecule has 0 aromatic rings. The van der Waals surface area contributed by atoms with E-state index in [9.17, 15) is 0 Å². The maximum atomic E-state index is 8.84. The highest BCUT2D eigenvalue weighted by Gasteiger charge is 2.27. The smallest absolute Gasteiger partial charge is 0.0978 e. The van der Waals surface area contributed by atoms with Crippen molar-refractivity contribution in [1.82, 2.24) is 4.90 Å². The minimum Gasteiger partial charge on any atom is -0.288 e. The zero-order chi connectivity index (χ0) is 9.19. The van der Waals surface area contributed by atoms with Crippen LogP contribution in [0.15, 0.2) is 0 Å². The molecule has 0 saturated carbocycles. The number of rotatable bonds is 1. The highest BCUT2D eigenvalue weighted by Crippen LogP contribution is 2.22. The van der Waals surface area contributed by atoms with Gasteiger partial charge in [0.05, 0.1) is 12.1 Å². The summed E-state index contributed by atoms with van der Waals surface area (Å²) in [5, 5.41) is 8.84. The van der Waals surface area contributed by atoms with E-state index in [0.29, 0.717) is 5.41 Å². The molecular weight excluding hydrogens is 148 g/mol. The van der Waals surface area contributed by atoms with Gasteiger partial charge in [-0.15, -0.1) is 0 Å². The van der Waals surface area contributed by atoms with Crippen LogP contribution in [0, 0.1) is 16.7 Å². The van der Waals surface area contributed by atoms with E-state index >= 15 is 0 Å². The molecule has 68 valence electrons. The summed E-state index contributed by atoms with van der Waals surface area (Å²) in [4.78, 5) is 2.31. The van der Waals surface area contributed by atoms with Crippen LogP contribution in [0.1, 0.15) is 33.6 Å². The fraction of sp³-hybridized carbons (Fsp3) is 0.900. The predicted molar refractivity (Wildman–Crippen MR) is 49.7 cm³/mol. The summed E-state index contributed by atoms with van der Waals surface area (Å²) < 4.78 is 0. The standard InChI is InChI=1S/C10H18N2/c1-10(2,3)8-12-6-4-5-9(12)7-11/h9H,4-6,8H2,1-3H3/t9-/m0/s1. The van der Waals surface area contributed by atoms with E-state index in [2.05, 4.69) is 31.7 Å². The average Bonchev–Trinajstić information content (AvgIpc) is 2.31. The van der Waals surface area contributed by atoms with Crippen LogP contribution in [0.25, 0.3) is 0 Å². The first-order chi connectivity index (χ1) is 5.53. The molecule has 1 saturated heterocycles. The van der Waals surface area contributed by atoms with Gasteiger partial charge in [0.15, 0.2) is 0 Å². The van der Waals surface area contributed by atoms with Crippen molar-refractivity contribution >= 4 is 0 Å². The zero-order valence-electron chi connectivity index (χ0n) is 8.30. The van der Waals surface area contributed by atoms with E-state index < -0.39 is 0 Å². The molecule has 2 heteroatoms. The van der Waals surface area contributed by atoms with Gasteiger partial charge in [0.1, 0.15) is 0 Å². The molecule has 0 radical (unpaired) electrons. The minimum absolute atomic E-state index is 0.184. The number of likely N-dealkylation sites (tertiary alicyclic amines) is 1. The largest absolute Gasteiger partial charge is 0.288 e. The first-order valence-corrected chi connectivity index (χ1v) is 4.66. The first-order valence-electron chi connectivity index (χ1n) is 4.66. The van der Waals surface area contributed by atoms with Crippen molar-refractivity contribution in [1.29, 1.82) is 5.26 Å². The summed E-state index contributed by atoms with van der Waals surface area (Å²) >= 11 is 0. The van der Waals surface area contributed by atoms with Crippen LogP contribution in [0.4, 0.5) is 0 Å². The predicted octanol–water partition coefficient (Wildman–Crippen LogP) is 2.02. The van der Waals surface area contributed by atoms with Crippen molar-refractivity contribution < 1.29 is 0 Å². The molecule has 1 rings (SSSR count). The maximum absolute atomic E-state index is 8.84. The third kappa shape index (κ3) is 2.49. The Balaban J connectivity index is 2.48. The Morgan fingerprint density at radius 2 is 2.17 bits per heavy atom. The van der Waals surface area contributed by atoms with E-state index in [1.165, 1.54) is 6.42 Å². The molecule has 0 amide bonds. The normalized spacial score (nSPS) is 25.7. The second-order valence-electron chi connectivity index (χ2n) is 4.82. The molecule has 1 heterocycles. The molecule has 0 unspecified atom stereocenters. The molecule has 2 nitrogen and oxygen atoms in total. The number of hydrogen-bond donors (Lipinski definition) is 0. The molecule has 12 heavy (non-hydrogen) atoms. The summed E-state index contributed by atoms with van der Waals surface area (Å²) in [7, 11) is 0. The Kier molecular flexibility index (Phi) is 2.74. The number of hydrogen-bond acceptors (Lipinski definition) is 2. The lowest BCUT2D eigenvalue weighted by Gasteiger charge is -2.28. The third-order valence-corrected chi connectivity index (χ3v) is 2.19. The molecule has 1 aliphatic rings. The summed E-state index contributed by atoms with van der Waals surface area (Å²) in [6, 6.07) is 2.55. The quantitative estimate of drug-likeness (QED) is 0.596. The Morgan fingerprint density at radius 3 is 2.67 bits per heavy atom. The molecular formula is C10H18N2. The summed E-state index contributed by atoms with van der Waals surface area (Å²) in [5.74, 6) is 0. The monoisotopic (exact) mass is 166 g/mol. The van der Waals surface area contributed by atoms with E-state index in [0.717, 1.165) is 19.5 Å². The molecule has 0 N–H and O–H groups in total. The molecule has 0 bridgehead atoms. The van der Waals surface area contributed by atoms with Crippen LogP contribution < -0.4 is 0 Å². The van der Waals surface area contributed by atoms with Crippen molar-refractivity contribution in [2.75, 3.05) is 13.1 Å². The van der Waals surface area contributed by atoms with Crippen molar-refractivity contribution in [3.05, 3.63) is 0 Å². The fourth-order valence-electron chi connectivity index (χ4n) is 1.77. The molecule has 0 aliphatic carbocycles. The van der Waals surface area contributed by atoms with Crippen LogP contribution in [-0.4, -0.2) is 24.0 Å². The van der Waals surface area contributed by atoms with E-state index in [1.54, 1.807) is 0 Å². The Labute approximate surface area is 75.2 Å². The summed E-state index contributed by atoms with van der Waals surface area (Å²) in [6.45, 7) is 8.82. The van der Waals surface area contributed by atoms with Gasteiger partial charge < -0.3 is 0 Å². The second-order valence-corrected chi connectivity index (χ2v) is 4.82. The highest BCUT2D eigenvalue weighted by atomic mass is 15.2. The summed E-state index contributed by atoms with van der Waals surface area (Å²) in [5.41, 5.74) is 0.319. The van der Waals surface area contributed by atoms with Gasteiger partial charge in [-0.2, -0.15) is 5.26 Å². The van der Waals surface area contributed by atoms with Gasteiger partial charge in [0, 0.05) is 6.54 Å². The molecule has 0 aromatic heterocycles. The van der Waals surface area contributed by atoms with Gasteiger partial charge in [0.25, 0.3) is 0 Å². The van der Waals surface area contributed by atoms with Crippen molar-refractivity contribution in [3.63, 3.8) is 0 Å². The topological polar surface area (TPSA) is 27.0 Å². The van der Waals surface area contributed by atoms with Crippen LogP contribution in [0.5, 0.6) is 0 Å². The van der Waals surface area contributed by atoms with Gasteiger partial charge in [-0.25, -0.2) is 0 Å². The molecule has 0 spiro atoms. The average molecular weight is 166 g/mol. The zero-order valence-corrected chi connectivity index (χ0v) is 8.30. The Morgan fingerprint density at radius 1 is 1.50 bits per heavy atom. The van der Waals surface area contributed by atoms with E-state index in [4.69, 9.17) is 5.26 Å². The molecule has 1 fully saturated rings. The van der Waals surface area contributed by atoms with Gasteiger partial charge in [-0.05, 0) is 24.8 Å². The van der Waals surface area contributed by atoms with Crippen molar-refractivity contribution in [2.24, 2.45) is 5.41 Å². The lowest BCUT2D eigenvalue weighted by Crippen LogP contribution is -2.35. The maximum Gasteiger partial charge on any atom is 0.0978 e. The Hall–Kier alpha value is -0.550. The number of nitriles is 1. The second kappa shape index (κ2) is 3.45. The van der Waals surface area contributed by atoms with Crippen LogP contribution >= 0.6 is 0 Å². The Bertz CT molecular complexity index is 185. The SMILES string of the molecule is CC(C)(C)CN1CCC[C@H]1C#N. The van der Waals surface area contributed by atoms with Gasteiger partial charge >= 0.3 is 0 Å². The first kappa shape index (κ1) is 9.54. The molecule has 1 atom stereocenters. The number of nitrogens with zero attached hydrogens (tertiary/aromatic N) is 2. The molecule has 0 aromatic carbocycles. The van der Waals surface area contributed by atoms with Gasteiger partial charge in [0.2, 0.25) is 0 Å². The van der Waals surface area contributed by atoms with E-state index in [-0.39, 0.29) is 6.04 Å². The van der Waals surface area contributed by atoms with Crippen LogP contribution in [0.3, 0.4) is 0 Å². The van der Waals surface area contributed by atoms with E-state index in [1.807, 2.05) is 0 Å². The molecule has 1 aliphatic heterocycles. The van der Waals surface area contributed by atoms with Gasteiger partial charge in [-0.3, -0.25) is 4.90 Å². The minimum atomic E-state index is 0.184. The van der Waals surface area contributed by atoms with Gasteiger partial charge in [-0.1, -0.05) is 20.8 Å². The highest BCUT2D eigenvalue weighted by molar-refractivity contribution is 4.96. The van der Waals surface area contributed by atoms with Crippen molar-refractivity contribution in [2.45, 2.75) is 39.7 Å². The lowest BCUT2D eigenvalue weighted by molar-refractivity contribution is 0.202. The van der Waals surface area contributed by atoms with Crippen molar-refractivity contribution in [3.8, 4) is 6.07 Å². The third-order valence-electron chi connectivity index (χ3n) is 2.19.